The van der Waals surface area contributed by atoms with E-state index < -0.39 is 5.41 Å². The number of rotatable bonds is 7. The summed E-state index contributed by atoms with van der Waals surface area (Å²) in [4.78, 5) is 8.71. The van der Waals surface area contributed by atoms with Gasteiger partial charge in [-0.15, -0.1) is 0 Å². The summed E-state index contributed by atoms with van der Waals surface area (Å²) in [5.41, 5.74) is 14.3. The molecule has 2 aromatic heterocycles. The van der Waals surface area contributed by atoms with E-state index in [-0.39, 0.29) is 11.7 Å². The molecule has 0 saturated carbocycles. The molecule has 156 valence electrons. The maximum Gasteiger partial charge on any atom is 0.276 e. The SMILES string of the molecule is C=C(N)N=C/C(=C\N)c1ccc(C(C)(c2noc(-c3ccnn3C)n2)C(C)C)cc1. The highest BCUT2D eigenvalue weighted by molar-refractivity contribution is 6.09. The minimum absolute atomic E-state index is 0.215. The number of benzene rings is 1. The lowest BCUT2D eigenvalue weighted by molar-refractivity contribution is 0.350. The predicted octanol–water partition coefficient (Wildman–Crippen LogP) is 3.23. The van der Waals surface area contributed by atoms with E-state index in [1.54, 1.807) is 17.1 Å². The number of aliphatic imine (C=N–C) groups is 1. The molecule has 0 aliphatic carbocycles. The van der Waals surface area contributed by atoms with Crippen molar-refractivity contribution in [3.05, 3.63) is 72.1 Å². The van der Waals surface area contributed by atoms with Crippen LogP contribution in [0.2, 0.25) is 0 Å². The molecule has 0 bridgehead atoms. The molecule has 1 atom stereocenters. The van der Waals surface area contributed by atoms with Crippen LogP contribution in [0.1, 0.15) is 37.7 Å². The maximum atomic E-state index is 5.75. The first-order chi connectivity index (χ1) is 14.3. The van der Waals surface area contributed by atoms with Crippen molar-refractivity contribution in [3.63, 3.8) is 0 Å². The number of nitrogens with two attached hydrogens (primary N) is 2. The highest BCUT2D eigenvalue weighted by Crippen LogP contribution is 2.38. The third-order valence-electron chi connectivity index (χ3n) is 5.45. The van der Waals surface area contributed by atoms with Gasteiger partial charge in [-0.25, -0.2) is 4.99 Å². The van der Waals surface area contributed by atoms with Gasteiger partial charge in [-0.2, -0.15) is 10.1 Å². The molecule has 0 radical (unpaired) electrons. The van der Waals surface area contributed by atoms with Gasteiger partial charge < -0.3 is 16.0 Å². The zero-order valence-corrected chi connectivity index (χ0v) is 17.7. The van der Waals surface area contributed by atoms with Crippen LogP contribution in [-0.4, -0.2) is 26.1 Å². The van der Waals surface area contributed by atoms with Gasteiger partial charge in [-0.05, 0) is 30.0 Å². The van der Waals surface area contributed by atoms with Gasteiger partial charge in [0.15, 0.2) is 5.82 Å². The Morgan fingerprint density at radius 3 is 2.50 bits per heavy atom. The smallest absolute Gasteiger partial charge is 0.276 e. The average Bonchev–Trinajstić information content (AvgIpc) is 3.37. The van der Waals surface area contributed by atoms with Crippen molar-refractivity contribution >= 4 is 11.8 Å². The first kappa shape index (κ1) is 21.0. The number of nitrogens with zero attached hydrogens (tertiary/aromatic N) is 5. The average molecular weight is 406 g/mol. The Labute approximate surface area is 176 Å². The Hall–Kier alpha value is -3.68. The van der Waals surface area contributed by atoms with Crippen molar-refractivity contribution in [2.75, 3.05) is 0 Å². The predicted molar refractivity (Wildman–Crippen MR) is 118 cm³/mol. The number of hydrogen-bond donors (Lipinski definition) is 2. The van der Waals surface area contributed by atoms with Crippen LogP contribution in [0.15, 0.2) is 64.6 Å². The van der Waals surface area contributed by atoms with Crippen molar-refractivity contribution in [3.8, 4) is 11.6 Å². The van der Waals surface area contributed by atoms with E-state index in [1.165, 1.54) is 6.20 Å². The van der Waals surface area contributed by atoms with Crippen molar-refractivity contribution in [2.24, 2.45) is 29.4 Å². The Balaban J connectivity index is 1.98. The summed E-state index contributed by atoms with van der Waals surface area (Å²) in [5.74, 6) is 1.50. The van der Waals surface area contributed by atoms with Crippen LogP contribution in [0, 0.1) is 5.92 Å². The third kappa shape index (κ3) is 3.89. The van der Waals surface area contributed by atoms with Gasteiger partial charge in [0, 0.05) is 31.2 Å². The fourth-order valence-electron chi connectivity index (χ4n) is 3.22. The van der Waals surface area contributed by atoms with E-state index in [4.69, 9.17) is 21.0 Å². The Bertz CT molecular complexity index is 1090. The molecule has 1 unspecified atom stereocenters. The summed E-state index contributed by atoms with van der Waals surface area (Å²) in [6, 6.07) is 9.91. The second-order valence-corrected chi connectivity index (χ2v) is 7.57. The minimum atomic E-state index is -0.453. The fraction of sp³-hybridized carbons (Fsp3) is 0.273. The molecule has 0 amide bonds. The molecule has 0 saturated heterocycles. The fourth-order valence-corrected chi connectivity index (χ4v) is 3.22. The normalized spacial score (nSPS) is 14.4. The molecule has 0 spiro atoms. The summed E-state index contributed by atoms with van der Waals surface area (Å²) in [6.45, 7) is 9.95. The van der Waals surface area contributed by atoms with Crippen molar-refractivity contribution in [2.45, 2.75) is 26.2 Å². The van der Waals surface area contributed by atoms with Gasteiger partial charge in [0.2, 0.25) is 0 Å². The highest BCUT2D eigenvalue weighted by atomic mass is 16.5. The lowest BCUT2D eigenvalue weighted by Gasteiger charge is -2.31. The monoisotopic (exact) mass is 405 g/mol. The molecular weight excluding hydrogens is 378 g/mol. The molecule has 30 heavy (non-hydrogen) atoms. The molecule has 4 N–H and O–H groups in total. The zero-order valence-electron chi connectivity index (χ0n) is 17.7. The lowest BCUT2D eigenvalue weighted by Crippen LogP contribution is -2.31. The van der Waals surface area contributed by atoms with E-state index in [9.17, 15) is 0 Å². The quantitative estimate of drug-likeness (QED) is 0.582. The molecule has 1 aromatic carbocycles. The summed E-state index contributed by atoms with van der Waals surface area (Å²) in [6.07, 6.45) is 4.78. The Kier molecular flexibility index (Phi) is 5.86. The van der Waals surface area contributed by atoms with Crippen molar-refractivity contribution < 1.29 is 4.52 Å². The van der Waals surface area contributed by atoms with Gasteiger partial charge in [0.1, 0.15) is 11.5 Å². The standard InChI is InChI=1S/C22H27N7O/c1-14(2)22(4,21-27-20(30-28-21)19-10-11-26-29(19)5)18-8-6-16(7-9-18)17(12-23)13-25-15(3)24/h6-14H,3,23-24H2,1-2,4-5H3/b17-12+,25-13?. The summed E-state index contributed by atoms with van der Waals surface area (Å²) < 4.78 is 7.26. The van der Waals surface area contributed by atoms with Crippen LogP contribution in [0.5, 0.6) is 0 Å². The molecule has 3 rings (SSSR count). The van der Waals surface area contributed by atoms with E-state index in [1.807, 2.05) is 37.4 Å². The van der Waals surface area contributed by atoms with Gasteiger partial charge in [0.05, 0.1) is 5.41 Å². The summed E-state index contributed by atoms with van der Waals surface area (Å²) >= 11 is 0. The van der Waals surface area contributed by atoms with Crippen molar-refractivity contribution in [1.29, 1.82) is 0 Å². The van der Waals surface area contributed by atoms with E-state index in [0.29, 0.717) is 11.7 Å². The minimum Gasteiger partial charge on any atom is -0.404 e. The zero-order chi connectivity index (χ0) is 21.9. The number of allylic oxidation sites excluding steroid dienone is 1. The third-order valence-corrected chi connectivity index (χ3v) is 5.45. The summed E-state index contributed by atoms with van der Waals surface area (Å²) in [5, 5.41) is 8.47. The van der Waals surface area contributed by atoms with Gasteiger partial charge >= 0.3 is 0 Å². The second-order valence-electron chi connectivity index (χ2n) is 7.57. The molecule has 3 aromatic rings. The lowest BCUT2D eigenvalue weighted by atomic mass is 9.72. The van der Waals surface area contributed by atoms with Crippen LogP contribution in [-0.2, 0) is 12.5 Å². The van der Waals surface area contributed by atoms with Crippen LogP contribution in [0.4, 0.5) is 0 Å². The maximum absolute atomic E-state index is 5.75. The van der Waals surface area contributed by atoms with Crippen LogP contribution in [0.3, 0.4) is 0 Å². The molecule has 0 aliphatic rings. The van der Waals surface area contributed by atoms with E-state index >= 15 is 0 Å². The van der Waals surface area contributed by atoms with Gasteiger partial charge in [-0.3, -0.25) is 4.68 Å². The Morgan fingerprint density at radius 1 is 1.27 bits per heavy atom. The molecular formula is C22H27N7O. The van der Waals surface area contributed by atoms with E-state index in [0.717, 1.165) is 22.4 Å². The highest BCUT2D eigenvalue weighted by Gasteiger charge is 2.37. The largest absolute Gasteiger partial charge is 0.404 e. The van der Waals surface area contributed by atoms with Crippen LogP contribution < -0.4 is 11.5 Å². The molecule has 0 aliphatic heterocycles. The topological polar surface area (TPSA) is 121 Å². The summed E-state index contributed by atoms with van der Waals surface area (Å²) in [7, 11) is 1.84. The molecule has 8 nitrogen and oxygen atoms in total. The first-order valence-corrected chi connectivity index (χ1v) is 9.61. The number of aromatic nitrogens is 4. The van der Waals surface area contributed by atoms with Crippen LogP contribution >= 0.6 is 0 Å². The number of hydrogen-bond acceptors (Lipinski definition) is 7. The van der Waals surface area contributed by atoms with Crippen molar-refractivity contribution in [1.82, 2.24) is 19.9 Å². The second kappa shape index (κ2) is 8.36. The van der Waals surface area contributed by atoms with Gasteiger partial charge in [0.25, 0.3) is 5.89 Å². The first-order valence-electron chi connectivity index (χ1n) is 9.61. The van der Waals surface area contributed by atoms with Gasteiger partial charge in [-0.1, -0.05) is 49.8 Å². The van der Waals surface area contributed by atoms with Crippen LogP contribution in [0.25, 0.3) is 17.2 Å². The molecule has 0 fully saturated rings. The molecule has 2 heterocycles. The number of aryl methyl sites for hydroxylation is 1. The Morgan fingerprint density at radius 2 is 1.97 bits per heavy atom. The molecule has 8 heteroatoms. The van der Waals surface area contributed by atoms with E-state index in [2.05, 4.69) is 42.6 Å².